The number of non-ortho nitro benzene ring substituents is 1. The lowest BCUT2D eigenvalue weighted by atomic mass is 10.1. The number of carbonyl (C=O) groups is 2. The number of thioether (sulfide) groups is 1. The van der Waals surface area contributed by atoms with Gasteiger partial charge in [0.15, 0.2) is 0 Å². The van der Waals surface area contributed by atoms with Crippen LogP contribution in [0.3, 0.4) is 0 Å². The maximum absolute atomic E-state index is 11.9. The van der Waals surface area contributed by atoms with Crippen molar-refractivity contribution in [1.29, 1.82) is 0 Å². The summed E-state index contributed by atoms with van der Waals surface area (Å²) in [5.41, 5.74) is -0.923. The highest BCUT2D eigenvalue weighted by Crippen LogP contribution is 2.29. The highest BCUT2D eigenvalue weighted by Gasteiger charge is 2.57. The molecule has 2 rings (SSSR count). The summed E-state index contributed by atoms with van der Waals surface area (Å²) in [6.07, 6.45) is 0.945. The number of hydrogen-bond donors (Lipinski definition) is 2. The van der Waals surface area contributed by atoms with Gasteiger partial charge in [-0.1, -0.05) is 0 Å². The third kappa shape index (κ3) is 3.37. The van der Waals surface area contributed by atoms with Gasteiger partial charge in [0.2, 0.25) is 0 Å². The van der Waals surface area contributed by atoms with Gasteiger partial charge in [0, 0.05) is 19.2 Å². The Bertz CT molecular complexity index is 623. The van der Waals surface area contributed by atoms with Crippen LogP contribution < -0.4 is 10.6 Å². The van der Waals surface area contributed by atoms with E-state index >= 15 is 0 Å². The molecule has 124 valence electrons. The lowest BCUT2D eigenvalue weighted by Crippen LogP contribution is -2.79. The largest absolute Gasteiger partial charge is 0.445 e. The number of hydrogen-bond acceptors (Lipinski definition) is 7. The van der Waals surface area contributed by atoms with Gasteiger partial charge in [-0.2, -0.15) is 0 Å². The molecule has 1 saturated heterocycles. The minimum atomic E-state index is -1.45. The van der Waals surface area contributed by atoms with Gasteiger partial charge >= 0.3 is 6.09 Å². The number of ether oxygens (including phenoxy) is 2. The average molecular weight is 341 g/mol. The Balaban J connectivity index is 1.92. The second-order valence-electron chi connectivity index (χ2n) is 4.65. The molecule has 0 unspecified atom stereocenters. The normalized spacial score (nSPS) is 22.7. The number of nitrogens with one attached hydrogen (secondary N) is 2. The van der Waals surface area contributed by atoms with Crippen LogP contribution in [0.1, 0.15) is 5.56 Å². The summed E-state index contributed by atoms with van der Waals surface area (Å²) in [6, 6.07) is 5.60. The Hall–Kier alpha value is -2.33. The lowest BCUT2D eigenvalue weighted by Gasteiger charge is -2.45. The van der Waals surface area contributed by atoms with E-state index in [2.05, 4.69) is 10.6 Å². The van der Waals surface area contributed by atoms with Gasteiger partial charge in [0.1, 0.15) is 12.0 Å². The first-order valence-corrected chi connectivity index (χ1v) is 7.79. The molecule has 23 heavy (non-hydrogen) atoms. The van der Waals surface area contributed by atoms with Crippen molar-refractivity contribution in [1.82, 2.24) is 10.6 Å². The van der Waals surface area contributed by atoms with Crippen LogP contribution in [0.2, 0.25) is 0 Å². The summed E-state index contributed by atoms with van der Waals surface area (Å²) in [6.45, 7) is -0.0881. The summed E-state index contributed by atoms with van der Waals surface area (Å²) in [5.74, 6) is -0.452. The quantitative estimate of drug-likeness (QED) is 0.342. The fraction of sp³-hybridized carbons (Fsp3) is 0.385. The van der Waals surface area contributed by atoms with Crippen LogP contribution in [0.4, 0.5) is 10.5 Å². The van der Waals surface area contributed by atoms with Gasteiger partial charge < -0.3 is 14.8 Å². The van der Waals surface area contributed by atoms with E-state index in [4.69, 9.17) is 9.47 Å². The first kappa shape index (κ1) is 17.0. The maximum atomic E-state index is 11.9. The number of carbonyl (C=O) groups excluding carboxylic acids is 2. The van der Waals surface area contributed by atoms with Crippen LogP contribution in [0.5, 0.6) is 0 Å². The van der Waals surface area contributed by atoms with Gasteiger partial charge in [-0.05, 0) is 24.0 Å². The fourth-order valence-corrected chi connectivity index (χ4v) is 2.84. The first-order valence-electron chi connectivity index (χ1n) is 6.50. The molecule has 0 bridgehead atoms. The molecule has 1 aromatic carbocycles. The molecule has 2 amide bonds. The van der Waals surface area contributed by atoms with Crippen molar-refractivity contribution < 1.29 is 24.0 Å². The van der Waals surface area contributed by atoms with Crippen LogP contribution in [0.25, 0.3) is 0 Å². The van der Waals surface area contributed by atoms with Crippen LogP contribution in [0.15, 0.2) is 24.3 Å². The molecule has 2 N–H and O–H groups in total. The summed E-state index contributed by atoms with van der Waals surface area (Å²) in [5, 5.41) is 15.1. The van der Waals surface area contributed by atoms with Gasteiger partial charge in [-0.3, -0.25) is 20.2 Å². The summed E-state index contributed by atoms with van der Waals surface area (Å²) < 4.78 is 10.1. The van der Waals surface area contributed by atoms with Gasteiger partial charge in [0.25, 0.3) is 17.3 Å². The van der Waals surface area contributed by atoms with E-state index in [1.54, 1.807) is 6.26 Å². The number of methoxy groups -OCH3 is 1. The summed E-state index contributed by atoms with van der Waals surface area (Å²) in [7, 11) is 1.32. The number of benzene rings is 1. The molecule has 1 aromatic rings. The van der Waals surface area contributed by atoms with Crippen molar-refractivity contribution in [2.24, 2.45) is 0 Å². The zero-order valence-corrected chi connectivity index (χ0v) is 13.2. The number of amides is 2. The van der Waals surface area contributed by atoms with Crippen molar-refractivity contribution in [2.75, 3.05) is 13.4 Å². The van der Waals surface area contributed by atoms with E-state index in [1.165, 1.54) is 43.1 Å². The smallest absolute Gasteiger partial charge is 0.410 e. The van der Waals surface area contributed by atoms with Crippen molar-refractivity contribution in [3.05, 3.63) is 39.9 Å². The molecule has 1 aliphatic heterocycles. The molecule has 0 spiro atoms. The van der Waals surface area contributed by atoms with E-state index in [-0.39, 0.29) is 12.3 Å². The van der Waals surface area contributed by atoms with Crippen molar-refractivity contribution in [2.45, 2.75) is 17.7 Å². The van der Waals surface area contributed by atoms with Crippen molar-refractivity contribution in [3.63, 3.8) is 0 Å². The number of nitro groups is 1. The molecule has 10 heteroatoms. The number of rotatable bonds is 6. The maximum Gasteiger partial charge on any atom is 0.410 e. The third-order valence-electron chi connectivity index (χ3n) is 3.33. The predicted molar refractivity (Wildman–Crippen MR) is 81.6 cm³/mol. The van der Waals surface area contributed by atoms with E-state index in [0.717, 1.165) is 0 Å². The Morgan fingerprint density at radius 2 is 2.13 bits per heavy atom. The van der Waals surface area contributed by atoms with Crippen LogP contribution in [-0.4, -0.2) is 41.4 Å². The van der Waals surface area contributed by atoms with Crippen LogP contribution in [-0.2, 0) is 20.9 Å². The molecule has 1 heterocycles. The molecule has 0 saturated carbocycles. The Kier molecular flexibility index (Phi) is 5.06. The minimum Gasteiger partial charge on any atom is -0.445 e. The second-order valence-corrected chi connectivity index (χ2v) is 5.60. The van der Waals surface area contributed by atoms with E-state index in [9.17, 15) is 19.7 Å². The molecular formula is C13H15N3O6S. The van der Waals surface area contributed by atoms with Gasteiger partial charge in [-0.25, -0.2) is 4.79 Å². The van der Waals surface area contributed by atoms with E-state index in [1.807, 2.05) is 0 Å². The first-order chi connectivity index (χ1) is 10.9. The van der Waals surface area contributed by atoms with Gasteiger partial charge in [-0.15, -0.1) is 11.8 Å². The zero-order chi connectivity index (χ0) is 17.0. The number of β-lactam (4-membered cyclic amide) rings is 1. The van der Waals surface area contributed by atoms with E-state index in [0.29, 0.717) is 5.56 Å². The summed E-state index contributed by atoms with van der Waals surface area (Å²) >= 11 is 1.32. The number of alkyl carbamates (subject to hydrolysis) is 1. The highest BCUT2D eigenvalue weighted by molar-refractivity contribution is 7.99. The van der Waals surface area contributed by atoms with E-state index < -0.39 is 28.0 Å². The third-order valence-corrected chi connectivity index (χ3v) is 4.25. The lowest BCUT2D eigenvalue weighted by molar-refractivity contribution is -0.384. The highest BCUT2D eigenvalue weighted by atomic mass is 32.2. The monoisotopic (exact) mass is 341 g/mol. The second kappa shape index (κ2) is 6.84. The molecule has 0 radical (unpaired) electrons. The molecule has 2 atom stereocenters. The standard InChI is InChI=1S/C13H15N3O6S/c1-21-13(10(17)14-11(13)23-2)15-12(18)22-7-8-3-5-9(6-4-8)16(19)20/h3-6,11H,7H2,1-2H3,(H,14,17)(H,15,18)/t11-,13-/m0/s1. The topological polar surface area (TPSA) is 120 Å². The number of nitro benzene ring substituents is 1. The van der Waals surface area contributed by atoms with Crippen molar-refractivity contribution in [3.8, 4) is 0 Å². The zero-order valence-electron chi connectivity index (χ0n) is 12.4. The minimum absolute atomic E-state index is 0.0505. The SMILES string of the molecule is CO[C@@]1(NC(=O)OCc2ccc([N+](=O)[O-])cc2)C(=O)N[C@H]1SC. The predicted octanol–water partition coefficient (Wildman–Crippen LogP) is 0.983. The Morgan fingerprint density at radius 1 is 1.48 bits per heavy atom. The molecule has 9 nitrogen and oxygen atoms in total. The fourth-order valence-electron chi connectivity index (χ4n) is 2.02. The summed E-state index contributed by atoms with van der Waals surface area (Å²) in [4.78, 5) is 33.6. The average Bonchev–Trinajstić information content (AvgIpc) is 2.55. The van der Waals surface area contributed by atoms with Crippen LogP contribution in [0, 0.1) is 10.1 Å². The Labute approximate surface area is 135 Å². The van der Waals surface area contributed by atoms with Crippen molar-refractivity contribution >= 4 is 29.4 Å². The molecule has 1 aliphatic rings. The van der Waals surface area contributed by atoms with Crippen LogP contribution >= 0.6 is 11.8 Å². The molecular weight excluding hydrogens is 326 g/mol. The Morgan fingerprint density at radius 3 is 2.61 bits per heavy atom. The molecule has 0 aliphatic carbocycles. The number of nitrogens with zero attached hydrogens (tertiary/aromatic N) is 1. The molecule has 0 aromatic heterocycles. The van der Waals surface area contributed by atoms with Gasteiger partial charge in [0.05, 0.1) is 4.92 Å². The molecule has 1 fully saturated rings.